The maximum atomic E-state index is 8.00. The molecule has 0 saturated carbocycles. The number of hydrogen-bond acceptors (Lipinski definition) is 3. The van der Waals surface area contributed by atoms with Gasteiger partial charge in [0.1, 0.15) is 0 Å². The van der Waals surface area contributed by atoms with Crippen LogP contribution < -0.4 is 0 Å². The molecule has 1 aromatic heterocycles. The fourth-order valence-corrected chi connectivity index (χ4v) is 1.51. The van der Waals surface area contributed by atoms with E-state index in [1.165, 1.54) is 4.88 Å². The van der Waals surface area contributed by atoms with Crippen molar-refractivity contribution >= 4 is 11.3 Å². The van der Waals surface area contributed by atoms with Crippen molar-refractivity contribution in [2.45, 2.75) is 13.3 Å². The predicted molar refractivity (Wildman–Crippen MR) is 44.6 cm³/mol. The summed E-state index contributed by atoms with van der Waals surface area (Å²) in [4.78, 5) is 7.92. The quantitative estimate of drug-likeness (QED) is 0.388. The van der Waals surface area contributed by atoms with E-state index in [0.29, 0.717) is 6.54 Å². The van der Waals surface area contributed by atoms with Crippen molar-refractivity contribution in [3.8, 4) is 0 Å². The van der Waals surface area contributed by atoms with Gasteiger partial charge in [-0.15, -0.1) is 11.3 Å². The molecule has 0 saturated heterocycles. The van der Waals surface area contributed by atoms with Crippen molar-refractivity contribution in [1.82, 2.24) is 4.98 Å². The lowest BCUT2D eigenvalue weighted by atomic mass is 10.4. The first-order valence-corrected chi connectivity index (χ1v) is 4.07. The number of aromatic nitrogens is 1. The number of azide groups is 1. The van der Waals surface area contributed by atoms with Gasteiger partial charge in [0.2, 0.25) is 0 Å². The van der Waals surface area contributed by atoms with Crippen molar-refractivity contribution < 1.29 is 0 Å². The lowest BCUT2D eigenvalue weighted by molar-refractivity contribution is 0.970. The van der Waals surface area contributed by atoms with Crippen molar-refractivity contribution in [2.24, 2.45) is 5.11 Å². The van der Waals surface area contributed by atoms with Gasteiger partial charge < -0.3 is 0 Å². The van der Waals surface area contributed by atoms with Crippen molar-refractivity contribution in [1.29, 1.82) is 0 Å². The second-order valence-electron chi connectivity index (χ2n) is 2.05. The Labute approximate surface area is 68.5 Å². The molecule has 1 heterocycles. The molecule has 0 radical (unpaired) electrons. The van der Waals surface area contributed by atoms with Crippen LogP contribution in [0.15, 0.2) is 11.3 Å². The third-order valence-corrected chi connectivity index (χ3v) is 2.16. The lowest BCUT2D eigenvalue weighted by Crippen LogP contribution is -1.82. The molecule has 11 heavy (non-hydrogen) atoms. The van der Waals surface area contributed by atoms with Gasteiger partial charge in [-0.25, -0.2) is 4.98 Å². The van der Waals surface area contributed by atoms with E-state index in [2.05, 4.69) is 15.0 Å². The van der Waals surface area contributed by atoms with E-state index in [9.17, 15) is 0 Å². The molecule has 1 rings (SSSR count). The maximum Gasteiger partial charge on any atom is 0.0896 e. The van der Waals surface area contributed by atoms with Crippen LogP contribution >= 0.6 is 11.3 Å². The van der Waals surface area contributed by atoms with Gasteiger partial charge >= 0.3 is 0 Å². The Morgan fingerprint density at radius 2 is 2.64 bits per heavy atom. The van der Waals surface area contributed by atoms with E-state index in [0.717, 1.165) is 11.4 Å². The van der Waals surface area contributed by atoms with Crippen molar-refractivity contribution in [2.75, 3.05) is 6.54 Å². The fourth-order valence-electron chi connectivity index (χ4n) is 0.726. The van der Waals surface area contributed by atoms with Gasteiger partial charge in [0.25, 0.3) is 0 Å². The molecule has 0 amide bonds. The fraction of sp³-hybridized carbons (Fsp3) is 0.500. The summed E-state index contributed by atoms with van der Waals surface area (Å²) >= 11 is 1.64. The first-order chi connectivity index (χ1) is 5.33. The Bertz CT molecular complexity index is 274. The molecule has 4 nitrogen and oxygen atoms in total. The van der Waals surface area contributed by atoms with Gasteiger partial charge in [-0.2, -0.15) is 0 Å². The second-order valence-corrected chi connectivity index (χ2v) is 3.37. The third-order valence-electron chi connectivity index (χ3n) is 1.19. The van der Waals surface area contributed by atoms with Crippen molar-refractivity contribution in [3.63, 3.8) is 0 Å². The highest BCUT2D eigenvalue weighted by Gasteiger charge is 1.95. The van der Waals surface area contributed by atoms with Gasteiger partial charge in [0, 0.05) is 22.5 Å². The van der Waals surface area contributed by atoms with Crippen molar-refractivity contribution in [3.05, 3.63) is 26.5 Å². The first kappa shape index (κ1) is 8.04. The zero-order chi connectivity index (χ0) is 8.10. The molecule has 0 aliphatic heterocycles. The van der Waals surface area contributed by atoms with Gasteiger partial charge in [-0.1, -0.05) is 5.11 Å². The average Bonchev–Trinajstić information content (AvgIpc) is 2.37. The van der Waals surface area contributed by atoms with E-state index in [-0.39, 0.29) is 0 Å². The molecule has 5 heteroatoms. The molecular formula is C6H8N4S. The summed E-state index contributed by atoms with van der Waals surface area (Å²) < 4.78 is 0. The predicted octanol–water partition coefficient (Wildman–Crippen LogP) is 2.30. The van der Waals surface area contributed by atoms with Crippen LogP contribution in [0.3, 0.4) is 0 Å². The van der Waals surface area contributed by atoms with E-state index < -0.39 is 0 Å². The number of rotatable bonds is 3. The maximum absolute atomic E-state index is 8.00. The van der Waals surface area contributed by atoms with Crippen LogP contribution in [0.2, 0.25) is 0 Å². The topological polar surface area (TPSA) is 61.7 Å². The SMILES string of the molecule is Cc1ncc(CCN=[N+]=[N-])s1. The number of nitrogens with zero attached hydrogens (tertiary/aromatic N) is 4. The number of hydrogen-bond donors (Lipinski definition) is 0. The number of aryl methyl sites for hydroxylation is 1. The van der Waals surface area contributed by atoms with Crippen LogP contribution in [0.5, 0.6) is 0 Å². The molecule has 0 atom stereocenters. The Hall–Kier alpha value is -1.06. The van der Waals surface area contributed by atoms with Gasteiger partial charge in [-0.05, 0) is 18.9 Å². The Morgan fingerprint density at radius 3 is 3.18 bits per heavy atom. The smallest absolute Gasteiger partial charge is 0.0896 e. The van der Waals surface area contributed by atoms with Crippen LogP contribution in [0.25, 0.3) is 10.4 Å². The van der Waals surface area contributed by atoms with Crippen LogP contribution in [-0.4, -0.2) is 11.5 Å². The van der Waals surface area contributed by atoms with Crippen LogP contribution in [0.1, 0.15) is 9.88 Å². The van der Waals surface area contributed by atoms with Crippen LogP contribution in [0, 0.1) is 6.92 Å². The Kier molecular flexibility index (Phi) is 2.89. The van der Waals surface area contributed by atoms with E-state index in [4.69, 9.17) is 5.53 Å². The molecule has 58 valence electrons. The van der Waals surface area contributed by atoms with Gasteiger partial charge in [0.05, 0.1) is 5.01 Å². The summed E-state index contributed by atoms with van der Waals surface area (Å²) in [5.41, 5.74) is 8.00. The Morgan fingerprint density at radius 1 is 1.82 bits per heavy atom. The lowest BCUT2D eigenvalue weighted by Gasteiger charge is -1.85. The number of thiazole rings is 1. The minimum absolute atomic E-state index is 0.526. The highest BCUT2D eigenvalue weighted by atomic mass is 32.1. The molecule has 0 N–H and O–H groups in total. The normalized spacial score (nSPS) is 9.18. The molecule has 0 aliphatic rings. The zero-order valence-electron chi connectivity index (χ0n) is 6.19. The largest absolute Gasteiger partial charge is 0.250 e. The minimum Gasteiger partial charge on any atom is -0.250 e. The molecule has 0 bridgehead atoms. The van der Waals surface area contributed by atoms with Gasteiger partial charge in [-0.3, -0.25) is 0 Å². The summed E-state index contributed by atoms with van der Waals surface area (Å²) in [5.74, 6) is 0. The molecule has 0 spiro atoms. The van der Waals surface area contributed by atoms with E-state index in [1.807, 2.05) is 13.1 Å². The molecule has 0 aromatic carbocycles. The average molecular weight is 168 g/mol. The first-order valence-electron chi connectivity index (χ1n) is 3.25. The van der Waals surface area contributed by atoms with Crippen LogP contribution in [0.4, 0.5) is 0 Å². The Balaban J connectivity index is 2.44. The second kappa shape index (κ2) is 3.95. The highest BCUT2D eigenvalue weighted by Crippen LogP contribution is 2.11. The summed E-state index contributed by atoms with van der Waals surface area (Å²) in [5, 5.41) is 4.49. The molecule has 1 aromatic rings. The zero-order valence-corrected chi connectivity index (χ0v) is 7.01. The molecule has 0 aliphatic carbocycles. The van der Waals surface area contributed by atoms with E-state index in [1.54, 1.807) is 11.3 Å². The monoisotopic (exact) mass is 168 g/mol. The minimum atomic E-state index is 0.526. The van der Waals surface area contributed by atoms with Gasteiger partial charge in [0.15, 0.2) is 0 Å². The standard InChI is InChI=1S/C6H8N4S/c1-5-8-4-6(11-5)2-3-9-10-7/h4H,2-3H2,1H3. The molecular weight excluding hydrogens is 160 g/mol. The summed E-state index contributed by atoms with van der Waals surface area (Å²) in [6.07, 6.45) is 2.63. The molecule has 0 unspecified atom stereocenters. The third kappa shape index (κ3) is 2.57. The highest BCUT2D eigenvalue weighted by molar-refractivity contribution is 7.11. The summed E-state index contributed by atoms with van der Waals surface area (Å²) in [7, 11) is 0. The summed E-state index contributed by atoms with van der Waals surface area (Å²) in [6, 6.07) is 0. The van der Waals surface area contributed by atoms with E-state index >= 15 is 0 Å². The summed E-state index contributed by atoms with van der Waals surface area (Å²) in [6.45, 7) is 2.49. The molecule has 0 fully saturated rings. The van der Waals surface area contributed by atoms with Crippen LogP contribution in [-0.2, 0) is 6.42 Å².